The Hall–Kier alpha value is -2.56. The highest BCUT2D eigenvalue weighted by molar-refractivity contribution is 5.90. The van der Waals surface area contributed by atoms with Gasteiger partial charge in [-0.25, -0.2) is 4.79 Å². The van der Waals surface area contributed by atoms with Crippen molar-refractivity contribution >= 4 is 5.97 Å². The summed E-state index contributed by atoms with van der Waals surface area (Å²) in [6, 6.07) is 6.65. The Morgan fingerprint density at radius 2 is 1.81 bits per heavy atom. The van der Waals surface area contributed by atoms with Crippen molar-refractivity contribution in [3.63, 3.8) is 0 Å². The maximum Gasteiger partial charge on any atom is 0.337 e. The summed E-state index contributed by atoms with van der Waals surface area (Å²) in [5.74, 6) is -0.350. The first-order chi connectivity index (χ1) is 9.86. The minimum atomic E-state index is -1.04. The number of carboxylic acids is 1. The van der Waals surface area contributed by atoms with E-state index in [1.54, 1.807) is 33.1 Å². The highest BCUT2D eigenvalue weighted by Gasteiger charge is 2.17. The van der Waals surface area contributed by atoms with E-state index in [0.717, 1.165) is 5.56 Å². The van der Waals surface area contributed by atoms with Crippen LogP contribution in [0, 0.1) is 20.8 Å². The molecule has 0 bridgehead atoms. The average molecular weight is 287 g/mol. The number of carboxylic acid groups (broad SMARTS) is 1. The number of carbonyl (C=O) groups is 1. The lowest BCUT2D eigenvalue weighted by Crippen LogP contribution is -2.24. The summed E-state index contributed by atoms with van der Waals surface area (Å²) in [7, 11) is 1.57. The molecule has 2 aromatic rings. The van der Waals surface area contributed by atoms with Crippen LogP contribution < -0.4 is 10.3 Å². The van der Waals surface area contributed by atoms with Crippen molar-refractivity contribution in [2.75, 3.05) is 7.11 Å². The molecule has 1 aromatic heterocycles. The molecule has 0 unspecified atom stereocenters. The van der Waals surface area contributed by atoms with Gasteiger partial charge in [-0.05, 0) is 50.1 Å². The largest absolute Gasteiger partial charge is 0.497 e. The third-order valence-corrected chi connectivity index (χ3v) is 3.51. The smallest absolute Gasteiger partial charge is 0.337 e. The van der Waals surface area contributed by atoms with Crippen LogP contribution in [0.1, 0.15) is 27.2 Å². The quantitative estimate of drug-likeness (QED) is 0.941. The zero-order chi connectivity index (χ0) is 15.7. The van der Waals surface area contributed by atoms with E-state index in [0.29, 0.717) is 22.7 Å². The minimum absolute atomic E-state index is 0.157. The van der Waals surface area contributed by atoms with Gasteiger partial charge in [0.25, 0.3) is 5.56 Å². The second-order valence-electron chi connectivity index (χ2n) is 4.92. The van der Waals surface area contributed by atoms with Gasteiger partial charge < -0.3 is 9.84 Å². The molecule has 0 radical (unpaired) electrons. The summed E-state index contributed by atoms with van der Waals surface area (Å²) < 4.78 is 6.57. The number of aromatic carboxylic acids is 1. The maximum absolute atomic E-state index is 12.3. The molecule has 0 aliphatic carbocycles. The highest BCUT2D eigenvalue weighted by atomic mass is 16.5. The van der Waals surface area contributed by atoms with Crippen molar-refractivity contribution in [3.8, 4) is 11.4 Å². The summed E-state index contributed by atoms with van der Waals surface area (Å²) in [6.07, 6.45) is 0. The molecule has 0 saturated heterocycles. The van der Waals surface area contributed by atoms with Gasteiger partial charge >= 0.3 is 5.97 Å². The lowest BCUT2D eigenvalue weighted by atomic mass is 10.1. The van der Waals surface area contributed by atoms with Crippen LogP contribution in [0.15, 0.2) is 29.1 Å². The molecule has 5 heteroatoms. The number of aromatic nitrogens is 1. The van der Waals surface area contributed by atoms with Crippen molar-refractivity contribution in [3.05, 3.63) is 57.0 Å². The lowest BCUT2D eigenvalue weighted by Gasteiger charge is -2.16. The van der Waals surface area contributed by atoms with Crippen molar-refractivity contribution in [2.45, 2.75) is 20.8 Å². The summed E-state index contributed by atoms with van der Waals surface area (Å²) in [5.41, 5.74) is 2.28. The fraction of sp³-hybridized carbons (Fsp3) is 0.250. The van der Waals surface area contributed by atoms with E-state index < -0.39 is 5.97 Å². The van der Waals surface area contributed by atoms with Crippen molar-refractivity contribution < 1.29 is 14.6 Å². The van der Waals surface area contributed by atoms with Crippen LogP contribution in [0.25, 0.3) is 5.69 Å². The van der Waals surface area contributed by atoms with Crippen molar-refractivity contribution in [1.29, 1.82) is 0 Å². The van der Waals surface area contributed by atoms with Gasteiger partial charge in [-0.1, -0.05) is 0 Å². The number of pyridine rings is 1. The number of benzene rings is 1. The number of rotatable bonds is 3. The van der Waals surface area contributed by atoms with Crippen LogP contribution in [0.5, 0.6) is 5.75 Å². The predicted octanol–water partition coefficient (Wildman–Crippen LogP) is 2.47. The summed E-state index contributed by atoms with van der Waals surface area (Å²) >= 11 is 0. The van der Waals surface area contributed by atoms with Gasteiger partial charge in [-0.15, -0.1) is 0 Å². The van der Waals surface area contributed by atoms with E-state index in [1.807, 2.05) is 13.0 Å². The third kappa shape index (κ3) is 2.54. The van der Waals surface area contributed by atoms with Gasteiger partial charge in [0.05, 0.1) is 18.4 Å². The van der Waals surface area contributed by atoms with Crippen LogP contribution >= 0.6 is 0 Å². The van der Waals surface area contributed by atoms with E-state index in [2.05, 4.69) is 0 Å². The molecule has 2 rings (SSSR count). The van der Waals surface area contributed by atoms with E-state index in [9.17, 15) is 14.7 Å². The Balaban J connectivity index is 2.78. The molecule has 0 aliphatic rings. The maximum atomic E-state index is 12.3. The molecule has 0 spiro atoms. The molecule has 21 heavy (non-hydrogen) atoms. The van der Waals surface area contributed by atoms with Gasteiger partial charge in [-0.2, -0.15) is 0 Å². The van der Waals surface area contributed by atoms with Crippen molar-refractivity contribution in [2.24, 2.45) is 0 Å². The minimum Gasteiger partial charge on any atom is -0.497 e. The van der Waals surface area contributed by atoms with Crippen LogP contribution in [0.4, 0.5) is 0 Å². The normalized spacial score (nSPS) is 10.5. The zero-order valence-electron chi connectivity index (χ0n) is 12.4. The Labute approximate surface area is 122 Å². The van der Waals surface area contributed by atoms with Crippen LogP contribution in [-0.4, -0.2) is 22.8 Å². The first kappa shape index (κ1) is 14.8. The Bertz CT molecular complexity index is 775. The molecule has 0 fully saturated rings. The van der Waals surface area contributed by atoms with Gasteiger partial charge in [0, 0.05) is 11.8 Å². The Kier molecular flexibility index (Phi) is 3.84. The number of methoxy groups -OCH3 is 1. The number of hydrogen-bond donors (Lipinski definition) is 1. The topological polar surface area (TPSA) is 68.5 Å². The van der Waals surface area contributed by atoms with E-state index in [1.165, 1.54) is 10.6 Å². The van der Waals surface area contributed by atoms with Crippen molar-refractivity contribution in [1.82, 2.24) is 4.57 Å². The second kappa shape index (κ2) is 5.44. The first-order valence-corrected chi connectivity index (χ1v) is 6.48. The van der Waals surface area contributed by atoms with E-state index >= 15 is 0 Å². The Morgan fingerprint density at radius 1 is 1.14 bits per heavy atom. The molecule has 0 saturated carbocycles. The highest BCUT2D eigenvalue weighted by Crippen LogP contribution is 2.22. The van der Waals surface area contributed by atoms with E-state index in [-0.39, 0.29) is 11.1 Å². The molecule has 110 valence electrons. The second-order valence-corrected chi connectivity index (χ2v) is 4.92. The number of nitrogens with zero attached hydrogens (tertiary/aromatic N) is 1. The Morgan fingerprint density at radius 3 is 2.33 bits per heavy atom. The van der Waals surface area contributed by atoms with Gasteiger partial charge in [0.2, 0.25) is 0 Å². The lowest BCUT2D eigenvalue weighted by molar-refractivity contribution is 0.0694. The molecule has 1 N–H and O–H groups in total. The number of ether oxygens (including phenoxy) is 1. The number of hydrogen-bond acceptors (Lipinski definition) is 3. The summed E-state index contributed by atoms with van der Waals surface area (Å²) in [4.78, 5) is 23.7. The fourth-order valence-corrected chi connectivity index (χ4v) is 2.51. The van der Waals surface area contributed by atoms with Gasteiger partial charge in [0.1, 0.15) is 5.75 Å². The van der Waals surface area contributed by atoms with Crippen LogP contribution in [0.2, 0.25) is 0 Å². The molecular formula is C16H17NO4. The predicted molar refractivity (Wildman–Crippen MR) is 79.8 cm³/mol. The van der Waals surface area contributed by atoms with Crippen LogP contribution in [0.3, 0.4) is 0 Å². The zero-order valence-corrected chi connectivity index (χ0v) is 12.4. The number of aryl methyl sites for hydroxylation is 2. The monoisotopic (exact) mass is 287 g/mol. The fourth-order valence-electron chi connectivity index (χ4n) is 2.51. The summed E-state index contributed by atoms with van der Waals surface area (Å²) in [6.45, 7) is 5.12. The van der Waals surface area contributed by atoms with Gasteiger partial charge in [-0.3, -0.25) is 9.36 Å². The summed E-state index contributed by atoms with van der Waals surface area (Å²) in [5, 5.41) is 9.32. The SMILES string of the molecule is COc1ccc(-n2c(C)c(C(=O)O)c(C)cc2=O)c(C)c1. The first-order valence-electron chi connectivity index (χ1n) is 6.48. The standard InChI is InChI=1S/C16H17NO4/c1-9-7-12(21-4)5-6-13(9)17-11(3)15(16(19)20)10(2)8-14(17)18/h5-8H,1-4H3,(H,19,20). The molecule has 0 amide bonds. The molecule has 5 nitrogen and oxygen atoms in total. The van der Waals surface area contributed by atoms with E-state index in [4.69, 9.17) is 4.74 Å². The third-order valence-electron chi connectivity index (χ3n) is 3.51. The average Bonchev–Trinajstić information content (AvgIpc) is 2.39. The van der Waals surface area contributed by atoms with Crippen LogP contribution in [-0.2, 0) is 0 Å². The molecule has 0 aliphatic heterocycles. The molecular weight excluding hydrogens is 270 g/mol. The molecule has 1 heterocycles. The molecule has 1 aromatic carbocycles. The van der Waals surface area contributed by atoms with Gasteiger partial charge in [0.15, 0.2) is 0 Å². The molecule has 0 atom stereocenters.